The lowest BCUT2D eigenvalue weighted by Crippen LogP contribution is -2.17. The van der Waals surface area contributed by atoms with Crippen LogP contribution in [-0.4, -0.2) is 4.40 Å². The normalized spacial score (nSPS) is 11.5. The molecule has 6 aromatic rings. The van der Waals surface area contributed by atoms with Crippen molar-refractivity contribution in [3.05, 3.63) is 115 Å². The van der Waals surface area contributed by atoms with E-state index in [4.69, 9.17) is 0 Å². The summed E-state index contributed by atoms with van der Waals surface area (Å²) in [4.78, 5) is 0. The van der Waals surface area contributed by atoms with Gasteiger partial charge in [-0.2, -0.15) is 4.40 Å². The summed E-state index contributed by atoms with van der Waals surface area (Å²) in [5, 5.41) is 2.53. The number of aryl methyl sites for hydroxylation is 1. The van der Waals surface area contributed by atoms with Gasteiger partial charge in [0.15, 0.2) is 5.52 Å². The number of hydrogen-bond donors (Lipinski definition) is 0. The molecule has 0 fully saturated rings. The molecule has 0 radical (unpaired) electrons. The van der Waals surface area contributed by atoms with Crippen LogP contribution in [0.15, 0.2) is 109 Å². The van der Waals surface area contributed by atoms with Crippen LogP contribution in [0.25, 0.3) is 44.3 Å². The number of fused-ring (bicyclic) bond motifs is 5. The zero-order valence-corrected chi connectivity index (χ0v) is 16.8. The predicted octanol–water partition coefficient (Wildman–Crippen LogP) is 6.47. The standard InChI is InChI=1S/C28H21N2/c1-20-14-16-22(17-15-20)28-27(21-9-3-2-4-10-21)24-12-6-5-11-23(24)25-19-29-18-8-7-13-26(29)30(25)28/h2-19H,1H3/q+1. The first kappa shape index (κ1) is 17.0. The summed E-state index contributed by atoms with van der Waals surface area (Å²) < 4.78 is 4.63. The van der Waals surface area contributed by atoms with E-state index < -0.39 is 0 Å². The molecular weight excluding hydrogens is 364 g/mol. The summed E-state index contributed by atoms with van der Waals surface area (Å²) in [7, 11) is 0. The van der Waals surface area contributed by atoms with Crippen LogP contribution >= 0.6 is 0 Å². The van der Waals surface area contributed by atoms with Crippen molar-refractivity contribution in [2.24, 2.45) is 0 Å². The summed E-state index contributed by atoms with van der Waals surface area (Å²) in [5.74, 6) is 0. The second kappa shape index (κ2) is 6.57. The molecule has 2 nitrogen and oxygen atoms in total. The van der Waals surface area contributed by atoms with Gasteiger partial charge in [-0.3, -0.25) is 0 Å². The molecule has 0 N–H and O–H groups in total. The molecule has 2 heteroatoms. The van der Waals surface area contributed by atoms with E-state index in [1.165, 1.54) is 44.2 Å². The van der Waals surface area contributed by atoms with Gasteiger partial charge in [-0.05, 0) is 30.0 Å². The lowest BCUT2D eigenvalue weighted by atomic mass is 9.93. The quantitative estimate of drug-likeness (QED) is 0.302. The monoisotopic (exact) mass is 385 g/mol. The number of pyridine rings is 2. The molecular formula is C28H21N2+. The van der Waals surface area contributed by atoms with Crippen LogP contribution in [0.4, 0.5) is 0 Å². The Labute approximate surface area is 175 Å². The summed E-state index contributed by atoms with van der Waals surface area (Å²) in [6.45, 7) is 2.14. The zero-order chi connectivity index (χ0) is 20.1. The second-order valence-corrected chi connectivity index (χ2v) is 7.82. The molecule has 0 saturated heterocycles. The Morgan fingerprint density at radius 1 is 0.633 bits per heavy atom. The van der Waals surface area contributed by atoms with Gasteiger partial charge in [0, 0.05) is 22.6 Å². The Kier molecular flexibility index (Phi) is 3.72. The maximum atomic E-state index is 2.41. The molecule has 0 amide bonds. The maximum Gasteiger partial charge on any atom is 0.291 e. The van der Waals surface area contributed by atoms with Crippen LogP contribution < -0.4 is 4.40 Å². The summed E-state index contributed by atoms with van der Waals surface area (Å²) in [6.07, 6.45) is 4.36. The number of aromatic nitrogens is 2. The molecule has 0 saturated carbocycles. The van der Waals surface area contributed by atoms with Gasteiger partial charge in [0.05, 0.1) is 6.20 Å². The highest BCUT2D eigenvalue weighted by molar-refractivity contribution is 6.10. The fourth-order valence-corrected chi connectivity index (χ4v) is 4.53. The average Bonchev–Trinajstić information content (AvgIpc) is 3.19. The SMILES string of the molecule is Cc1ccc(-c2c(-c3ccccc3)c3ccccc3c3c[n+]4ccccc4n23)cc1. The van der Waals surface area contributed by atoms with Crippen molar-refractivity contribution in [3.63, 3.8) is 0 Å². The van der Waals surface area contributed by atoms with Gasteiger partial charge in [0.2, 0.25) is 0 Å². The van der Waals surface area contributed by atoms with Crippen LogP contribution in [-0.2, 0) is 0 Å². The number of nitrogens with zero attached hydrogens (tertiary/aromatic N) is 2. The highest BCUT2D eigenvalue weighted by Gasteiger charge is 2.25. The predicted molar refractivity (Wildman–Crippen MR) is 124 cm³/mol. The lowest BCUT2D eigenvalue weighted by molar-refractivity contribution is -0.509. The molecule has 0 aliphatic heterocycles. The molecule has 0 aliphatic carbocycles. The van der Waals surface area contributed by atoms with E-state index in [9.17, 15) is 0 Å². The molecule has 6 rings (SSSR count). The van der Waals surface area contributed by atoms with Crippen LogP contribution in [0.2, 0.25) is 0 Å². The first-order valence-electron chi connectivity index (χ1n) is 10.3. The van der Waals surface area contributed by atoms with Gasteiger partial charge in [0.25, 0.3) is 5.65 Å². The van der Waals surface area contributed by atoms with Crippen LogP contribution in [0.5, 0.6) is 0 Å². The van der Waals surface area contributed by atoms with E-state index in [0.717, 1.165) is 5.65 Å². The van der Waals surface area contributed by atoms with E-state index >= 15 is 0 Å². The lowest BCUT2D eigenvalue weighted by Gasteiger charge is -2.14. The first-order valence-corrected chi connectivity index (χ1v) is 10.3. The van der Waals surface area contributed by atoms with Crippen molar-refractivity contribution < 1.29 is 4.40 Å². The van der Waals surface area contributed by atoms with Gasteiger partial charge < -0.3 is 0 Å². The summed E-state index contributed by atoms with van der Waals surface area (Å²) >= 11 is 0. The third-order valence-corrected chi connectivity index (χ3v) is 5.92. The van der Waals surface area contributed by atoms with Gasteiger partial charge in [-0.1, -0.05) is 84.4 Å². The molecule has 0 spiro atoms. The molecule has 3 aromatic carbocycles. The molecule has 0 atom stereocenters. The summed E-state index contributed by atoms with van der Waals surface area (Å²) in [5.41, 5.74) is 8.58. The summed E-state index contributed by atoms with van der Waals surface area (Å²) in [6, 6.07) is 34.8. The minimum Gasteiger partial charge on any atom is -0.202 e. The van der Waals surface area contributed by atoms with Gasteiger partial charge in [-0.15, -0.1) is 0 Å². The largest absolute Gasteiger partial charge is 0.291 e. The molecule has 3 heterocycles. The van der Waals surface area contributed by atoms with Crippen molar-refractivity contribution in [2.75, 3.05) is 0 Å². The van der Waals surface area contributed by atoms with Crippen molar-refractivity contribution in [1.29, 1.82) is 0 Å². The van der Waals surface area contributed by atoms with Crippen molar-refractivity contribution >= 4 is 21.9 Å². The highest BCUT2D eigenvalue weighted by atomic mass is 15.1. The van der Waals surface area contributed by atoms with Crippen LogP contribution in [0, 0.1) is 6.92 Å². The fourth-order valence-electron chi connectivity index (χ4n) is 4.53. The average molecular weight is 385 g/mol. The van der Waals surface area contributed by atoms with Crippen molar-refractivity contribution in [2.45, 2.75) is 6.92 Å². The van der Waals surface area contributed by atoms with Gasteiger partial charge in [-0.25, -0.2) is 4.40 Å². The Hall–Kier alpha value is -3.91. The van der Waals surface area contributed by atoms with E-state index in [0.29, 0.717) is 0 Å². The number of hydrogen-bond acceptors (Lipinski definition) is 0. The Bertz CT molecular complexity index is 1520. The third kappa shape index (κ3) is 2.47. The number of rotatable bonds is 2. The minimum absolute atomic E-state index is 1.16. The molecule has 0 aliphatic rings. The molecule has 30 heavy (non-hydrogen) atoms. The molecule has 0 bridgehead atoms. The molecule has 3 aromatic heterocycles. The van der Waals surface area contributed by atoms with E-state index in [-0.39, 0.29) is 0 Å². The first-order chi connectivity index (χ1) is 14.8. The van der Waals surface area contributed by atoms with Crippen LogP contribution in [0.1, 0.15) is 5.56 Å². The number of imidazole rings is 1. The molecule has 142 valence electrons. The Morgan fingerprint density at radius 3 is 2.13 bits per heavy atom. The topological polar surface area (TPSA) is 8.51 Å². The maximum absolute atomic E-state index is 2.41. The molecule has 0 unspecified atom stereocenters. The van der Waals surface area contributed by atoms with Crippen molar-refractivity contribution in [1.82, 2.24) is 4.40 Å². The minimum atomic E-state index is 1.16. The fraction of sp³-hybridized carbons (Fsp3) is 0.0357. The van der Waals surface area contributed by atoms with Gasteiger partial charge >= 0.3 is 0 Å². The van der Waals surface area contributed by atoms with E-state index in [1.807, 2.05) is 0 Å². The zero-order valence-electron chi connectivity index (χ0n) is 16.8. The van der Waals surface area contributed by atoms with Gasteiger partial charge in [0.1, 0.15) is 11.9 Å². The second-order valence-electron chi connectivity index (χ2n) is 7.82. The highest BCUT2D eigenvalue weighted by Crippen LogP contribution is 2.40. The smallest absolute Gasteiger partial charge is 0.202 e. The Balaban J connectivity index is 1.92. The Morgan fingerprint density at radius 2 is 1.33 bits per heavy atom. The number of benzene rings is 3. The van der Waals surface area contributed by atoms with E-state index in [1.54, 1.807) is 0 Å². The van der Waals surface area contributed by atoms with Crippen LogP contribution in [0.3, 0.4) is 0 Å². The van der Waals surface area contributed by atoms with E-state index in [2.05, 4.69) is 125 Å². The van der Waals surface area contributed by atoms with Crippen molar-refractivity contribution in [3.8, 4) is 22.4 Å². The third-order valence-electron chi connectivity index (χ3n) is 5.92.